The van der Waals surface area contributed by atoms with E-state index in [2.05, 4.69) is 0 Å². The van der Waals surface area contributed by atoms with Gasteiger partial charge in [0.2, 0.25) is 0 Å². The van der Waals surface area contributed by atoms with Crippen LogP contribution in [0, 0.1) is 0 Å². The number of aldehydes is 1. The number of carbonyl (C=O) groups excluding carboxylic acids is 1. The van der Waals surface area contributed by atoms with Crippen molar-refractivity contribution in [3.63, 3.8) is 0 Å². The van der Waals surface area contributed by atoms with Gasteiger partial charge in [0, 0.05) is 5.56 Å². The van der Waals surface area contributed by atoms with Gasteiger partial charge in [0.1, 0.15) is 12.0 Å². The van der Waals surface area contributed by atoms with Gasteiger partial charge >= 0.3 is 0 Å². The van der Waals surface area contributed by atoms with Crippen LogP contribution in [0.15, 0.2) is 60.7 Å². The average Bonchev–Trinajstić information content (AvgIpc) is 2.41. The molecule has 0 aliphatic heterocycles. The topological polar surface area (TPSA) is 26.3 Å². The van der Waals surface area contributed by atoms with E-state index in [1.165, 1.54) is 0 Å². The Bertz CT molecular complexity index is 396. The normalized spacial score (nSPS) is 8.56. The van der Waals surface area contributed by atoms with E-state index in [-0.39, 0.29) is 0 Å². The molecule has 0 saturated carbocycles. The number of hydrogen-bond acceptors (Lipinski definition) is 2. The first-order valence-electron chi connectivity index (χ1n) is 4.96. The van der Waals surface area contributed by atoms with Gasteiger partial charge in [-0.25, -0.2) is 0 Å². The van der Waals surface area contributed by atoms with Crippen molar-refractivity contribution in [2.45, 2.75) is 0 Å². The fourth-order valence-electron chi connectivity index (χ4n) is 1.09. The maximum atomic E-state index is 10.0. The quantitative estimate of drug-likeness (QED) is 0.717. The van der Waals surface area contributed by atoms with Crippen LogP contribution in [0.1, 0.15) is 10.4 Å². The highest BCUT2D eigenvalue weighted by Gasteiger charge is 1.80. The fourth-order valence-corrected chi connectivity index (χ4v) is 1.09. The summed E-state index contributed by atoms with van der Waals surface area (Å²) in [7, 11) is 1.66. The van der Waals surface area contributed by atoms with Crippen LogP contribution in [-0.2, 0) is 0 Å². The zero-order chi connectivity index (χ0) is 11.6. The summed E-state index contributed by atoms with van der Waals surface area (Å²) in [5.74, 6) is 0.910. The van der Waals surface area contributed by atoms with Crippen LogP contribution >= 0.6 is 0 Å². The van der Waals surface area contributed by atoms with Crippen molar-refractivity contribution in [3.8, 4) is 5.75 Å². The van der Waals surface area contributed by atoms with Crippen molar-refractivity contribution in [1.29, 1.82) is 0 Å². The van der Waals surface area contributed by atoms with Gasteiger partial charge in [-0.05, 0) is 12.1 Å². The molecule has 2 nitrogen and oxygen atoms in total. The lowest BCUT2D eigenvalue weighted by atomic mass is 10.2. The van der Waals surface area contributed by atoms with Crippen LogP contribution in [0.25, 0.3) is 0 Å². The van der Waals surface area contributed by atoms with Gasteiger partial charge in [-0.2, -0.15) is 0 Å². The van der Waals surface area contributed by atoms with Crippen LogP contribution in [0.3, 0.4) is 0 Å². The Morgan fingerprint density at radius 1 is 0.875 bits per heavy atom. The minimum atomic E-state index is 0.729. The van der Waals surface area contributed by atoms with Gasteiger partial charge < -0.3 is 4.74 Å². The van der Waals surface area contributed by atoms with Gasteiger partial charge in [-0.3, -0.25) is 4.79 Å². The summed E-state index contributed by atoms with van der Waals surface area (Å²) in [6.07, 6.45) is 0.833. The molecule has 0 N–H and O–H groups in total. The summed E-state index contributed by atoms with van der Waals surface area (Å²) in [5, 5.41) is 0. The first-order chi connectivity index (χ1) is 7.86. The third-order valence-electron chi connectivity index (χ3n) is 1.91. The van der Waals surface area contributed by atoms with Crippen molar-refractivity contribution < 1.29 is 9.53 Å². The van der Waals surface area contributed by atoms with Crippen molar-refractivity contribution in [2.24, 2.45) is 0 Å². The molecule has 0 radical (unpaired) electrons. The van der Waals surface area contributed by atoms with Gasteiger partial charge in [0.05, 0.1) is 7.11 Å². The van der Waals surface area contributed by atoms with Gasteiger partial charge in [-0.1, -0.05) is 48.5 Å². The first kappa shape index (κ1) is 12.0. The highest BCUT2D eigenvalue weighted by molar-refractivity contribution is 5.74. The summed E-state index contributed by atoms with van der Waals surface area (Å²) in [4.78, 5) is 10.0. The van der Waals surface area contributed by atoms with Crippen molar-refractivity contribution in [1.82, 2.24) is 0 Å². The van der Waals surface area contributed by atoms with E-state index < -0.39 is 0 Å². The van der Waals surface area contributed by atoms with E-state index in [0.29, 0.717) is 0 Å². The SMILES string of the molecule is COc1ccccc1.O=Cc1ccccc1. The molecule has 0 spiro atoms. The van der Waals surface area contributed by atoms with E-state index in [4.69, 9.17) is 4.74 Å². The molecule has 0 unspecified atom stereocenters. The average molecular weight is 214 g/mol. The predicted molar refractivity (Wildman–Crippen MR) is 64.8 cm³/mol. The van der Waals surface area contributed by atoms with E-state index in [1.807, 2.05) is 48.5 Å². The molecule has 0 aliphatic carbocycles. The molecule has 0 heterocycles. The fraction of sp³-hybridized carbons (Fsp3) is 0.0714. The van der Waals surface area contributed by atoms with Crippen molar-refractivity contribution in [2.75, 3.05) is 7.11 Å². The number of benzene rings is 2. The van der Waals surface area contributed by atoms with E-state index >= 15 is 0 Å². The number of methoxy groups -OCH3 is 1. The van der Waals surface area contributed by atoms with E-state index in [9.17, 15) is 4.79 Å². The summed E-state index contributed by atoms with van der Waals surface area (Å²) < 4.78 is 4.91. The predicted octanol–water partition coefficient (Wildman–Crippen LogP) is 3.19. The Labute approximate surface area is 95.5 Å². The number of hydrogen-bond donors (Lipinski definition) is 0. The smallest absolute Gasteiger partial charge is 0.150 e. The lowest BCUT2D eigenvalue weighted by Crippen LogP contribution is -1.78. The highest BCUT2D eigenvalue weighted by Crippen LogP contribution is 2.05. The molecule has 0 amide bonds. The van der Waals surface area contributed by atoms with Crippen LogP contribution in [0.2, 0.25) is 0 Å². The second-order valence-corrected chi connectivity index (χ2v) is 3.05. The van der Waals surface area contributed by atoms with Gasteiger partial charge in [0.15, 0.2) is 0 Å². The summed E-state index contributed by atoms with van der Waals surface area (Å²) >= 11 is 0. The third-order valence-corrected chi connectivity index (χ3v) is 1.91. The molecule has 2 aromatic rings. The molecule has 0 bridgehead atoms. The summed E-state index contributed by atoms with van der Waals surface area (Å²) in [6, 6.07) is 18.8. The maximum absolute atomic E-state index is 10.0. The third kappa shape index (κ3) is 4.42. The molecular formula is C14H14O2. The van der Waals surface area contributed by atoms with Crippen LogP contribution in [0.5, 0.6) is 5.75 Å². The number of rotatable bonds is 2. The zero-order valence-corrected chi connectivity index (χ0v) is 9.17. The lowest BCUT2D eigenvalue weighted by Gasteiger charge is -1.93. The molecule has 0 saturated heterocycles. The lowest BCUT2D eigenvalue weighted by molar-refractivity contribution is 0.112. The van der Waals surface area contributed by atoms with Crippen LogP contribution in [-0.4, -0.2) is 13.4 Å². The van der Waals surface area contributed by atoms with Crippen LogP contribution < -0.4 is 4.74 Å². The highest BCUT2D eigenvalue weighted by atomic mass is 16.5. The largest absolute Gasteiger partial charge is 0.497 e. The van der Waals surface area contributed by atoms with E-state index in [1.54, 1.807) is 19.2 Å². The van der Waals surface area contributed by atoms with E-state index in [0.717, 1.165) is 17.6 Å². The number of ether oxygens (including phenoxy) is 1. The van der Waals surface area contributed by atoms with Crippen molar-refractivity contribution >= 4 is 6.29 Å². The molecule has 0 aromatic heterocycles. The van der Waals surface area contributed by atoms with Crippen molar-refractivity contribution in [3.05, 3.63) is 66.2 Å². The van der Waals surface area contributed by atoms with Gasteiger partial charge in [-0.15, -0.1) is 0 Å². The second kappa shape index (κ2) is 7.23. The molecule has 0 aliphatic rings. The molecule has 2 rings (SSSR count). The minimum absolute atomic E-state index is 0.729. The molecule has 82 valence electrons. The Balaban J connectivity index is 0.000000160. The monoisotopic (exact) mass is 214 g/mol. The molecule has 2 heteroatoms. The molecule has 0 atom stereocenters. The second-order valence-electron chi connectivity index (χ2n) is 3.05. The molecule has 16 heavy (non-hydrogen) atoms. The molecule has 2 aromatic carbocycles. The number of para-hydroxylation sites is 1. The van der Waals surface area contributed by atoms with Gasteiger partial charge in [0.25, 0.3) is 0 Å². The standard InChI is InChI=1S/C7H8O.C7H6O/c1-8-7-5-3-2-4-6-7;8-6-7-4-2-1-3-5-7/h2-6H,1H3;1-6H. The Hall–Kier alpha value is -2.09. The number of carbonyl (C=O) groups is 1. The first-order valence-corrected chi connectivity index (χ1v) is 4.96. The maximum Gasteiger partial charge on any atom is 0.150 e. The Kier molecular flexibility index (Phi) is 5.42. The molecule has 0 fully saturated rings. The summed E-state index contributed by atoms with van der Waals surface area (Å²) in [6.45, 7) is 0. The molecular weight excluding hydrogens is 200 g/mol. The Morgan fingerprint density at radius 2 is 1.38 bits per heavy atom. The zero-order valence-electron chi connectivity index (χ0n) is 9.17. The summed E-state index contributed by atoms with van der Waals surface area (Å²) in [5.41, 5.74) is 0.729. The Morgan fingerprint density at radius 3 is 1.69 bits per heavy atom. The van der Waals surface area contributed by atoms with Crippen LogP contribution in [0.4, 0.5) is 0 Å². The minimum Gasteiger partial charge on any atom is -0.497 e.